The maximum absolute atomic E-state index is 13.0. The molecule has 0 unspecified atom stereocenters. The summed E-state index contributed by atoms with van der Waals surface area (Å²) in [6.45, 7) is 0. The molecular weight excluding hydrogens is 251 g/mol. The lowest BCUT2D eigenvalue weighted by molar-refractivity contribution is -0.136. The second-order valence-electron chi connectivity index (χ2n) is 3.26. The Morgan fingerprint density at radius 1 is 1.47 bits per heavy atom. The van der Waals surface area contributed by atoms with Gasteiger partial charge in [0.05, 0.1) is 19.3 Å². The Bertz CT molecular complexity index is 523. The van der Waals surface area contributed by atoms with Gasteiger partial charge in [-0.25, -0.2) is 12.8 Å². The van der Waals surface area contributed by atoms with Gasteiger partial charge in [-0.3, -0.25) is 4.79 Å². The molecule has 1 rings (SSSR count). The number of methoxy groups -OCH3 is 1. The van der Waals surface area contributed by atoms with Crippen LogP contribution < -0.4 is 4.74 Å². The second-order valence-corrected chi connectivity index (χ2v) is 5.34. The highest BCUT2D eigenvalue weighted by molar-refractivity contribution is 7.91. The highest BCUT2D eigenvalue weighted by atomic mass is 32.2. The molecule has 0 aliphatic carbocycles. The molecule has 0 fully saturated rings. The van der Waals surface area contributed by atoms with E-state index in [0.29, 0.717) is 0 Å². The molecule has 1 N–H and O–H groups in total. The number of rotatable bonds is 5. The van der Waals surface area contributed by atoms with Gasteiger partial charge in [0, 0.05) is 0 Å². The van der Waals surface area contributed by atoms with Gasteiger partial charge in [0.1, 0.15) is 16.5 Å². The van der Waals surface area contributed by atoms with Crippen LogP contribution in [0.15, 0.2) is 23.1 Å². The van der Waals surface area contributed by atoms with Crippen molar-refractivity contribution in [2.24, 2.45) is 0 Å². The van der Waals surface area contributed by atoms with Crippen molar-refractivity contribution < 1.29 is 27.4 Å². The van der Waals surface area contributed by atoms with Crippen LogP contribution in [0.5, 0.6) is 5.75 Å². The van der Waals surface area contributed by atoms with Crippen LogP contribution in [-0.4, -0.2) is 32.4 Å². The van der Waals surface area contributed by atoms with Gasteiger partial charge >= 0.3 is 5.97 Å². The van der Waals surface area contributed by atoms with Crippen molar-refractivity contribution in [3.05, 3.63) is 24.0 Å². The molecule has 0 radical (unpaired) electrons. The highest BCUT2D eigenvalue weighted by Crippen LogP contribution is 2.25. The van der Waals surface area contributed by atoms with Crippen molar-refractivity contribution in [3.8, 4) is 5.75 Å². The first-order chi connectivity index (χ1) is 7.86. The van der Waals surface area contributed by atoms with E-state index in [-0.39, 0.29) is 10.6 Å². The molecule has 0 amide bonds. The number of ether oxygens (including phenoxy) is 1. The minimum Gasteiger partial charge on any atom is -0.495 e. The second kappa shape index (κ2) is 5.13. The zero-order valence-corrected chi connectivity index (χ0v) is 9.83. The van der Waals surface area contributed by atoms with E-state index in [0.717, 1.165) is 12.1 Å². The number of carboxylic acid groups (broad SMARTS) is 1. The van der Waals surface area contributed by atoms with E-state index < -0.39 is 33.8 Å². The van der Waals surface area contributed by atoms with Crippen LogP contribution >= 0.6 is 0 Å². The smallest absolute Gasteiger partial charge is 0.304 e. The first kappa shape index (κ1) is 13.4. The van der Waals surface area contributed by atoms with Crippen LogP contribution in [0.4, 0.5) is 4.39 Å². The van der Waals surface area contributed by atoms with E-state index in [1.54, 1.807) is 0 Å². The molecule has 0 saturated carbocycles. The van der Waals surface area contributed by atoms with E-state index in [2.05, 4.69) is 0 Å². The van der Waals surface area contributed by atoms with E-state index in [9.17, 15) is 17.6 Å². The Morgan fingerprint density at radius 2 is 2.12 bits per heavy atom. The third-order valence-corrected chi connectivity index (χ3v) is 3.78. The molecule has 0 heterocycles. The Labute approximate surface area is 97.8 Å². The van der Waals surface area contributed by atoms with Gasteiger partial charge in [0.25, 0.3) is 0 Å². The lowest BCUT2D eigenvalue weighted by Crippen LogP contribution is -2.12. The Hall–Kier alpha value is -1.63. The summed E-state index contributed by atoms with van der Waals surface area (Å²) in [5.74, 6) is -2.55. The summed E-state index contributed by atoms with van der Waals surface area (Å²) in [6.07, 6.45) is -0.540. The van der Waals surface area contributed by atoms with Crippen LogP contribution in [0.2, 0.25) is 0 Å². The predicted molar refractivity (Wildman–Crippen MR) is 57.3 cm³/mol. The third-order valence-electron chi connectivity index (χ3n) is 2.05. The molecule has 0 aromatic heterocycles. The van der Waals surface area contributed by atoms with Gasteiger partial charge in [-0.15, -0.1) is 0 Å². The van der Waals surface area contributed by atoms with Crippen LogP contribution in [-0.2, 0) is 14.6 Å². The molecule has 0 aliphatic heterocycles. The first-order valence-electron chi connectivity index (χ1n) is 4.65. The number of carbonyl (C=O) groups is 1. The number of benzene rings is 1. The molecule has 1 aromatic rings. The monoisotopic (exact) mass is 262 g/mol. The average molecular weight is 262 g/mol. The summed E-state index contributed by atoms with van der Waals surface area (Å²) >= 11 is 0. The molecule has 94 valence electrons. The maximum Gasteiger partial charge on any atom is 0.304 e. The van der Waals surface area contributed by atoms with Crippen molar-refractivity contribution >= 4 is 15.8 Å². The van der Waals surface area contributed by atoms with Crippen molar-refractivity contribution in [1.82, 2.24) is 0 Å². The summed E-state index contributed by atoms with van der Waals surface area (Å²) in [7, 11) is -2.61. The maximum atomic E-state index is 13.0. The normalized spacial score (nSPS) is 11.2. The largest absolute Gasteiger partial charge is 0.495 e. The fourth-order valence-electron chi connectivity index (χ4n) is 1.23. The van der Waals surface area contributed by atoms with Gasteiger partial charge in [-0.2, -0.15) is 0 Å². The van der Waals surface area contributed by atoms with E-state index >= 15 is 0 Å². The molecule has 7 heteroatoms. The Balaban J connectivity index is 3.13. The van der Waals surface area contributed by atoms with Gasteiger partial charge in [-0.05, 0) is 18.2 Å². The number of hydrogen-bond acceptors (Lipinski definition) is 4. The third kappa shape index (κ3) is 3.42. The van der Waals surface area contributed by atoms with Crippen LogP contribution in [0.1, 0.15) is 6.42 Å². The van der Waals surface area contributed by atoms with Gasteiger partial charge in [0.2, 0.25) is 0 Å². The number of hydrogen-bond donors (Lipinski definition) is 1. The first-order valence-corrected chi connectivity index (χ1v) is 6.30. The highest BCUT2D eigenvalue weighted by Gasteiger charge is 2.21. The van der Waals surface area contributed by atoms with Crippen molar-refractivity contribution in [2.45, 2.75) is 11.3 Å². The summed E-state index contributed by atoms with van der Waals surface area (Å²) < 4.78 is 41.3. The van der Waals surface area contributed by atoms with Crippen molar-refractivity contribution in [1.29, 1.82) is 0 Å². The van der Waals surface area contributed by atoms with Gasteiger partial charge in [0.15, 0.2) is 9.84 Å². The fourth-order valence-corrected chi connectivity index (χ4v) is 2.64. The minimum absolute atomic E-state index is 0.00297. The lowest BCUT2D eigenvalue weighted by Gasteiger charge is -2.08. The standard InChI is InChI=1S/C10H11FO5S/c1-16-8-3-2-7(11)6-9(8)17(14,15)5-4-10(12)13/h2-3,6H,4-5H2,1H3,(H,12,13). The summed E-state index contributed by atoms with van der Waals surface area (Å²) in [5, 5.41) is 8.44. The molecule has 17 heavy (non-hydrogen) atoms. The van der Waals surface area contributed by atoms with Crippen molar-refractivity contribution in [2.75, 3.05) is 12.9 Å². The summed E-state index contributed by atoms with van der Waals surface area (Å²) in [5.41, 5.74) is 0. The number of aliphatic carboxylic acids is 1. The number of sulfone groups is 1. The molecule has 5 nitrogen and oxygen atoms in total. The zero-order chi connectivity index (χ0) is 13.1. The molecule has 0 aliphatic rings. The quantitative estimate of drug-likeness (QED) is 0.858. The number of carboxylic acids is 1. The molecule has 0 spiro atoms. The van der Waals surface area contributed by atoms with Crippen LogP contribution in [0, 0.1) is 5.82 Å². The van der Waals surface area contributed by atoms with Crippen LogP contribution in [0.3, 0.4) is 0 Å². The Morgan fingerprint density at radius 3 is 2.65 bits per heavy atom. The fraction of sp³-hybridized carbons (Fsp3) is 0.300. The molecular formula is C10H11FO5S. The van der Waals surface area contributed by atoms with E-state index in [1.807, 2.05) is 0 Å². The Kier molecular flexibility index (Phi) is 4.06. The molecule has 0 saturated heterocycles. The average Bonchev–Trinajstić information content (AvgIpc) is 2.26. The molecule has 0 atom stereocenters. The topological polar surface area (TPSA) is 80.7 Å². The SMILES string of the molecule is COc1ccc(F)cc1S(=O)(=O)CCC(=O)O. The lowest BCUT2D eigenvalue weighted by atomic mass is 10.3. The zero-order valence-electron chi connectivity index (χ0n) is 9.01. The molecule has 1 aromatic carbocycles. The predicted octanol–water partition coefficient (Wildman–Crippen LogP) is 1.08. The van der Waals surface area contributed by atoms with E-state index in [1.165, 1.54) is 13.2 Å². The van der Waals surface area contributed by atoms with Gasteiger partial charge < -0.3 is 9.84 Å². The van der Waals surface area contributed by atoms with Crippen molar-refractivity contribution in [3.63, 3.8) is 0 Å². The minimum atomic E-state index is -3.87. The molecule has 0 bridgehead atoms. The summed E-state index contributed by atoms with van der Waals surface area (Å²) in [6, 6.07) is 3.06. The van der Waals surface area contributed by atoms with E-state index in [4.69, 9.17) is 9.84 Å². The number of halogens is 1. The van der Waals surface area contributed by atoms with Gasteiger partial charge in [-0.1, -0.05) is 0 Å². The van der Waals surface area contributed by atoms with Crippen LogP contribution in [0.25, 0.3) is 0 Å². The summed E-state index contributed by atoms with van der Waals surface area (Å²) in [4.78, 5) is 10.00.